The van der Waals surface area contributed by atoms with Crippen molar-refractivity contribution in [3.05, 3.63) is 23.8 Å². The van der Waals surface area contributed by atoms with E-state index in [2.05, 4.69) is 55.6 Å². The molecule has 0 bridgehead atoms. The van der Waals surface area contributed by atoms with Gasteiger partial charge in [-0.2, -0.15) is 11.8 Å². The molecule has 17 heavy (non-hydrogen) atoms. The highest BCUT2D eigenvalue weighted by Crippen LogP contribution is 2.32. The topological polar surface area (TPSA) is 29.3 Å². The van der Waals surface area contributed by atoms with Crippen LogP contribution in [0.1, 0.15) is 25.8 Å². The highest BCUT2D eigenvalue weighted by Gasteiger charge is 2.23. The molecule has 1 heterocycles. The Balaban J connectivity index is 2.14. The summed E-state index contributed by atoms with van der Waals surface area (Å²) in [6, 6.07) is 6.42. The SMILES string of the molecule is Cc1ccc(N2CCSC(C)(C)CC2)cc1N. The number of nitrogen functional groups attached to an aromatic ring is 1. The molecule has 0 atom stereocenters. The van der Waals surface area contributed by atoms with Gasteiger partial charge in [0.05, 0.1) is 0 Å². The van der Waals surface area contributed by atoms with Gasteiger partial charge in [-0.15, -0.1) is 0 Å². The molecule has 0 saturated carbocycles. The van der Waals surface area contributed by atoms with Crippen LogP contribution in [0.15, 0.2) is 18.2 Å². The van der Waals surface area contributed by atoms with E-state index >= 15 is 0 Å². The van der Waals surface area contributed by atoms with Crippen molar-refractivity contribution >= 4 is 23.1 Å². The van der Waals surface area contributed by atoms with Crippen molar-refractivity contribution in [3.8, 4) is 0 Å². The highest BCUT2D eigenvalue weighted by atomic mass is 32.2. The van der Waals surface area contributed by atoms with Crippen LogP contribution in [-0.2, 0) is 0 Å². The summed E-state index contributed by atoms with van der Waals surface area (Å²) >= 11 is 2.07. The van der Waals surface area contributed by atoms with Gasteiger partial charge in [-0.3, -0.25) is 0 Å². The van der Waals surface area contributed by atoms with Crippen molar-refractivity contribution < 1.29 is 0 Å². The van der Waals surface area contributed by atoms with E-state index in [9.17, 15) is 0 Å². The Morgan fingerprint density at radius 1 is 1.29 bits per heavy atom. The standard InChI is InChI=1S/C14H22N2S/c1-11-4-5-12(10-13(11)15)16-7-6-14(2,3)17-9-8-16/h4-5,10H,6-9,15H2,1-3H3. The number of hydrogen-bond acceptors (Lipinski definition) is 3. The van der Waals surface area contributed by atoms with Crippen LogP contribution >= 0.6 is 11.8 Å². The van der Waals surface area contributed by atoms with Crippen molar-refractivity contribution in [1.29, 1.82) is 0 Å². The number of nitrogens with two attached hydrogens (primary N) is 1. The average Bonchev–Trinajstić information content (AvgIpc) is 2.44. The third kappa shape index (κ3) is 3.09. The monoisotopic (exact) mass is 250 g/mol. The highest BCUT2D eigenvalue weighted by molar-refractivity contribution is 8.00. The molecule has 0 unspecified atom stereocenters. The molecule has 2 N–H and O–H groups in total. The summed E-state index contributed by atoms with van der Waals surface area (Å²) in [5.41, 5.74) is 9.32. The lowest BCUT2D eigenvalue weighted by Gasteiger charge is -2.24. The molecule has 0 spiro atoms. The molecule has 1 fully saturated rings. The second kappa shape index (κ2) is 4.81. The molecule has 1 aliphatic heterocycles. The molecule has 1 aromatic rings. The van der Waals surface area contributed by atoms with Crippen molar-refractivity contribution in [2.24, 2.45) is 0 Å². The number of aryl methyl sites for hydroxylation is 1. The molecule has 0 aromatic heterocycles. The Hall–Kier alpha value is -0.830. The van der Waals surface area contributed by atoms with Crippen LogP contribution in [0, 0.1) is 6.92 Å². The fraction of sp³-hybridized carbons (Fsp3) is 0.571. The van der Waals surface area contributed by atoms with Gasteiger partial charge in [-0.1, -0.05) is 19.9 Å². The van der Waals surface area contributed by atoms with Crippen molar-refractivity contribution in [1.82, 2.24) is 0 Å². The van der Waals surface area contributed by atoms with Crippen LogP contribution in [0.4, 0.5) is 11.4 Å². The predicted octanol–water partition coefficient (Wildman–Crippen LogP) is 3.30. The summed E-state index contributed by atoms with van der Waals surface area (Å²) in [5.74, 6) is 1.20. The smallest absolute Gasteiger partial charge is 0.0387 e. The first kappa shape index (κ1) is 12.6. The van der Waals surface area contributed by atoms with E-state index in [0.29, 0.717) is 4.75 Å². The van der Waals surface area contributed by atoms with Crippen molar-refractivity contribution in [3.63, 3.8) is 0 Å². The molecule has 0 aliphatic carbocycles. The molecule has 2 rings (SSSR count). The molecule has 94 valence electrons. The third-order valence-corrected chi connectivity index (χ3v) is 4.84. The Morgan fingerprint density at radius 2 is 2.06 bits per heavy atom. The summed E-state index contributed by atoms with van der Waals surface area (Å²) in [6.07, 6.45) is 1.23. The second-order valence-electron chi connectivity index (χ2n) is 5.39. The average molecular weight is 250 g/mol. The van der Waals surface area contributed by atoms with Crippen LogP contribution in [0.5, 0.6) is 0 Å². The first-order valence-corrected chi connectivity index (χ1v) is 7.21. The zero-order valence-electron chi connectivity index (χ0n) is 11.0. The lowest BCUT2D eigenvalue weighted by atomic mass is 10.1. The van der Waals surface area contributed by atoms with Crippen LogP contribution < -0.4 is 10.6 Å². The van der Waals surface area contributed by atoms with Gasteiger partial charge in [0.25, 0.3) is 0 Å². The van der Waals surface area contributed by atoms with Crippen molar-refractivity contribution in [2.75, 3.05) is 29.5 Å². The maximum atomic E-state index is 5.99. The number of thioether (sulfide) groups is 1. The van der Waals surface area contributed by atoms with Crippen molar-refractivity contribution in [2.45, 2.75) is 31.9 Å². The predicted molar refractivity (Wildman–Crippen MR) is 79.0 cm³/mol. The molecule has 1 aromatic carbocycles. The lowest BCUT2D eigenvalue weighted by Crippen LogP contribution is -2.26. The summed E-state index contributed by atoms with van der Waals surface area (Å²) in [6.45, 7) is 8.98. The van der Waals surface area contributed by atoms with E-state index in [1.165, 1.54) is 23.4 Å². The fourth-order valence-electron chi connectivity index (χ4n) is 2.10. The van der Waals surface area contributed by atoms with E-state index in [1.54, 1.807) is 0 Å². The van der Waals surface area contributed by atoms with Gasteiger partial charge < -0.3 is 10.6 Å². The lowest BCUT2D eigenvalue weighted by molar-refractivity contribution is 0.638. The van der Waals surface area contributed by atoms with Crippen LogP contribution in [0.25, 0.3) is 0 Å². The van der Waals surface area contributed by atoms with E-state index in [0.717, 1.165) is 18.8 Å². The number of benzene rings is 1. The quantitative estimate of drug-likeness (QED) is 0.775. The fourth-order valence-corrected chi connectivity index (χ4v) is 3.20. The molecule has 1 saturated heterocycles. The summed E-state index contributed by atoms with van der Waals surface area (Å²) in [7, 11) is 0. The van der Waals surface area contributed by atoms with Gasteiger partial charge >= 0.3 is 0 Å². The Labute approximate surface area is 109 Å². The van der Waals surface area contributed by atoms with E-state index in [4.69, 9.17) is 5.73 Å². The van der Waals surface area contributed by atoms with Gasteiger partial charge in [0.15, 0.2) is 0 Å². The number of hydrogen-bond donors (Lipinski definition) is 1. The summed E-state index contributed by atoms with van der Waals surface area (Å²) in [5, 5.41) is 0. The van der Waals surface area contributed by atoms with Gasteiger partial charge in [0.1, 0.15) is 0 Å². The van der Waals surface area contributed by atoms with Gasteiger partial charge in [-0.25, -0.2) is 0 Å². The zero-order valence-corrected chi connectivity index (χ0v) is 11.8. The summed E-state index contributed by atoms with van der Waals surface area (Å²) in [4.78, 5) is 2.46. The van der Waals surface area contributed by atoms with Crippen LogP contribution in [0.2, 0.25) is 0 Å². The summed E-state index contributed by atoms with van der Waals surface area (Å²) < 4.78 is 0.408. The van der Waals surface area contributed by atoms with Crippen LogP contribution in [0.3, 0.4) is 0 Å². The zero-order chi connectivity index (χ0) is 12.5. The largest absolute Gasteiger partial charge is 0.398 e. The first-order chi connectivity index (χ1) is 7.98. The number of rotatable bonds is 1. The maximum Gasteiger partial charge on any atom is 0.0387 e. The molecule has 2 nitrogen and oxygen atoms in total. The minimum Gasteiger partial charge on any atom is -0.398 e. The third-order valence-electron chi connectivity index (χ3n) is 3.47. The van der Waals surface area contributed by atoms with Gasteiger partial charge in [0.2, 0.25) is 0 Å². The number of anilines is 2. The Morgan fingerprint density at radius 3 is 2.76 bits per heavy atom. The van der Waals surface area contributed by atoms with E-state index < -0.39 is 0 Å². The van der Waals surface area contributed by atoms with Gasteiger partial charge in [0, 0.05) is 35.0 Å². The van der Waals surface area contributed by atoms with Gasteiger partial charge in [-0.05, 0) is 31.0 Å². The first-order valence-electron chi connectivity index (χ1n) is 6.23. The molecule has 0 amide bonds. The van der Waals surface area contributed by atoms with E-state index in [1.807, 2.05) is 0 Å². The molecular formula is C14H22N2S. The van der Waals surface area contributed by atoms with E-state index in [-0.39, 0.29) is 0 Å². The Kier molecular flexibility index (Phi) is 3.57. The molecule has 1 aliphatic rings. The van der Waals surface area contributed by atoms with Crippen LogP contribution in [-0.4, -0.2) is 23.6 Å². The maximum absolute atomic E-state index is 5.99. The normalized spacial score (nSPS) is 20.1. The minimum absolute atomic E-state index is 0.408. The minimum atomic E-state index is 0.408. The Bertz CT molecular complexity index is 401. The molecule has 0 radical (unpaired) electrons. The number of nitrogens with zero attached hydrogens (tertiary/aromatic N) is 1. The second-order valence-corrected chi connectivity index (χ2v) is 7.19. The molecular weight excluding hydrogens is 228 g/mol. The molecule has 3 heteroatoms.